The molecule has 4 heteroatoms. The van der Waals surface area contributed by atoms with E-state index >= 15 is 0 Å². The van der Waals surface area contributed by atoms with E-state index in [-0.39, 0.29) is 0 Å². The number of benzene rings is 10. The molecule has 0 spiro atoms. The van der Waals surface area contributed by atoms with E-state index in [2.05, 4.69) is 235 Å². The fourth-order valence-corrected chi connectivity index (χ4v) is 9.29. The van der Waals surface area contributed by atoms with Crippen molar-refractivity contribution in [3.05, 3.63) is 255 Å². The monoisotopic (exact) mass is 854 g/mol. The topological polar surface area (TPSA) is 43.6 Å². The van der Waals surface area contributed by atoms with E-state index in [1.165, 1.54) is 27.6 Å². The standard InChI is InChI=1S/C63H42N4/c1-6-16-43(17-7-1)46-26-28-48(29-27-46)49-34-37-55(38-35-49)67-58-39-36-53(45-20-10-3-11-21-45)40-57(58)60-56(50-22-12-4-13-23-50)41-54(42-59(60)67)63-65-61(51-24-14-5-15-25-51)64-62(66-63)52-32-30-47(31-33-52)44-18-8-2-9-19-44/h1-42H. The average Bonchev–Trinajstić information content (AvgIpc) is 3.75. The third-order valence-electron chi connectivity index (χ3n) is 12.7. The lowest BCUT2D eigenvalue weighted by Gasteiger charge is -2.13. The summed E-state index contributed by atoms with van der Waals surface area (Å²) in [7, 11) is 0. The van der Waals surface area contributed by atoms with E-state index in [4.69, 9.17) is 15.0 Å². The normalized spacial score (nSPS) is 11.3. The number of fused-ring (bicyclic) bond motifs is 3. The molecule has 0 aliphatic rings. The summed E-state index contributed by atoms with van der Waals surface area (Å²) in [4.78, 5) is 15.7. The van der Waals surface area contributed by atoms with Crippen molar-refractivity contribution in [3.63, 3.8) is 0 Å². The Hall–Kier alpha value is -8.99. The first-order valence-corrected chi connectivity index (χ1v) is 22.7. The summed E-state index contributed by atoms with van der Waals surface area (Å²) >= 11 is 0. The second-order valence-corrected chi connectivity index (χ2v) is 16.8. The van der Waals surface area contributed by atoms with Gasteiger partial charge in [0.15, 0.2) is 17.5 Å². The predicted octanol–water partition coefficient (Wildman–Crippen LogP) is 16.3. The molecular formula is C63H42N4. The Morgan fingerprint density at radius 3 is 1.06 bits per heavy atom. The van der Waals surface area contributed by atoms with Gasteiger partial charge in [0.2, 0.25) is 0 Å². The van der Waals surface area contributed by atoms with Crippen molar-refractivity contribution in [2.75, 3.05) is 0 Å². The molecule has 0 N–H and O–H groups in total. The van der Waals surface area contributed by atoms with Crippen molar-refractivity contribution in [1.82, 2.24) is 19.5 Å². The van der Waals surface area contributed by atoms with Gasteiger partial charge in [-0.05, 0) is 92.0 Å². The van der Waals surface area contributed by atoms with Gasteiger partial charge in [0.1, 0.15) is 0 Å². The summed E-state index contributed by atoms with van der Waals surface area (Å²) in [6, 6.07) is 90.2. The molecule has 67 heavy (non-hydrogen) atoms. The first-order valence-electron chi connectivity index (χ1n) is 22.7. The highest BCUT2D eigenvalue weighted by molar-refractivity contribution is 6.17. The maximum absolute atomic E-state index is 5.29. The van der Waals surface area contributed by atoms with Gasteiger partial charge < -0.3 is 4.57 Å². The molecule has 10 aromatic carbocycles. The molecule has 12 rings (SSSR count). The lowest BCUT2D eigenvalue weighted by molar-refractivity contribution is 1.07. The maximum atomic E-state index is 5.29. The van der Waals surface area contributed by atoms with Crippen LogP contribution in [0.25, 0.3) is 117 Å². The van der Waals surface area contributed by atoms with Crippen LogP contribution in [0.15, 0.2) is 255 Å². The number of hydrogen-bond acceptors (Lipinski definition) is 3. The Bertz CT molecular complexity index is 3660. The third-order valence-corrected chi connectivity index (χ3v) is 12.7. The molecule has 0 aliphatic heterocycles. The molecule has 2 heterocycles. The Morgan fingerprint density at radius 2 is 0.582 bits per heavy atom. The van der Waals surface area contributed by atoms with Gasteiger partial charge in [0, 0.05) is 33.2 Å². The minimum absolute atomic E-state index is 0.603. The summed E-state index contributed by atoms with van der Waals surface area (Å²) < 4.78 is 2.40. The highest BCUT2D eigenvalue weighted by Crippen LogP contribution is 2.43. The van der Waals surface area contributed by atoms with Crippen LogP contribution in [0.3, 0.4) is 0 Å². The Labute approximate surface area is 389 Å². The zero-order chi connectivity index (χ0) is 44.5. The molecule has 0 atom stereocenters. The third kappa shape index (κ3) is 7.67. The molecule has 0 unspecified atom stereocenters. The zero-order valence-electron chi connectivity index (χ0n) is 36.5. The first kappa shape index (κ1) is 39.6. The van der Waals surface area contributed by atoms with Gasteiger partial charge in [-0.1, -0.05) is 218 Å². The molecular weight excluding hydrogens is 813 g/mol. The fraction of sp³-hybridized carbons (Fsp3) is 0. The minimum Gasteiger partial charge on any atom is -0.309 e. The van der Waals surface area contributed by atoms with Crippen molar-refractivity contribution in [2.24, 2.45) is 0 Å². The molecule has 12 aromatic rings. The lowest BCUT2D eigenvalue weighted by atomic mass is 9.95. The fourth-order valence-electron chi connectivity index (χ4n) is 9.29. The van der Waals surface area contributed by atoms with Crippen molar-refractivity contribution in [2.45, 2.75) is 0 Å². The SMILES string of the molecule is c1ccc(-c2ccc(-c3ccc(-n4c5ccc(-c6ccccc6)cc5c5c(-c6ccccc6)cc(-c6nc(-c7ccccc7)nc(-c7ccc(-c8ccccc8)cc7)n6)cc54)cc3)cc2)cc1. The molecule has 0 fully saturated rings. The largest absolute Gasteiger partial charge is 0.309 e. The van der Waals surface area contributed by atoms with Crippen LogP contribution in [-0.2, 0) is 0 Å². The highest BCUT2D eigenvalue weighted by atomic mass is 15.0. The Kier molecular flexibility index (Phi) is 10.2. The Morgan fingerprint density at radius 1 is 0.239 bits per heavy atom. The second-order valence-electron chi connectivity index (χ2n) is 16.8. The van der Waals surface area contributed by atoms with Crippen LogP contribution in [0, 0.1) is 0 Å². The van der Waals surface area contributed by atoms with Crippen LogP contribution in [0.5, 0.6) is 0 Å². The van der Waals surface area contributed by atoms with E-state index in [0.717, 1.165) is 72.2 Å². The van der Waals surface area contributed by atoms with E-state index in [1.54, 1.807) is 0 Å². The van der Waals surface area contributed by atoms with Crippen molar-refractivity contribution in [1.29, 1.82) is 0 Å². The van der Waals surface area contributed by atoms with Crippen molar-refractivity contribution < 1.29 is 0 Å². The summed E-state index contributed by atoms with van der Waals surface area (Å²) in [5.74, 6) is 1.84. The summed E-state index contributed by atoms with van der Waals surface area (Å²) in [5.41, 5.74) is 17.6. The van der Waals surface area contributed by atoms with Crippen LogP contribution in [0.1, 0.15) is 0 Å². The molecule has 4 nitrogen and oxygen atoms in total. The van der Waals surface area contributed by atoms with Crippen LogP contribution >= 0.6 is 0 Å². The van der Waals surface area contributed by atoms with Gasteiger partial charge in [-0.3, -0.25) is 0 Å². The maximum Gasteiger partial charge on any atom is 0.164 e. The molecule has 0 bridgehead atoms. The zero-order valence-corrected chi connectivity index (χ0v) is 36.5. The van der Waals surface area contributed by atoms with Crippen molar-refractivity contribution in [3.8, 4) is 95.5 Å². The number of nitrogens with zero attached hydrogens (tertiary/aromatic N) is 4. The highest BCUT2D eigenvalue weighted by Gasteiger charge is 2.21. The average molecular weight is 855 g/mol. The first-order chi connectivity index (χ1) is 33.2. The van der Waals surface area contributed by atoms with E-state index in [0.29, 0.717) is 17.5 Å². The number of hydrogen-bond donors (Lipinski definition) is 0. The molecule has 0 saturated heterocycles. The van der Waals surface area contributed by atoms with Gasteiger partial charge in [0.05, 0.1) is 11.0 Å². The molecule has 0 aliphatic carbocycles. The van der Waals surface area contributed by atoms with Crippen LogP contribution in [-0.4, -0.2) is 19.5 Å². The van der Waals surface area contributed by atoms with Crippen LogP contribution in [0.4, 0.5) is 0 Å². The number of rotatable bonds is 9. The van der Waals surface area contributed by atoms with E-state index in [1.807, 2.05) is 24.3 Å². The van der Waals surface area contributed by atoms with Crippen molar-refractivity contribution >= 4 is 21.8 Å². The summed E-state index contributed by atoms with van der Waals surface area (Å²) in [6.07, 6.45) is 0. The lowest BCUT2D eigenvalue weighted by Crippen LogP contribution is -2.01. The van der Waals surface area contributed by atoms with Gasteiger partial charge >= 0.3 is 0 Å². The van der Waals surface area contributed by atoms with Crippen LogP contribution < -0.4 is 0 Å². The van der Waals surface area contributed by atoms with Gasteiger partial charge in [0.25, 0.3) is 0 Å². The van der Waals surface area contributed by atoms with Gasteiger partial charge in [-0.25, -0.2) is 15.0 Å². The molecule has 0 saturated carbocycles. The summed E-state index contributed by atoms with van der Waals surface area (Å²) in [5, 5.41) is 2.33. The quantitative estimate of drug-likeness (QED) is 0.145. The molecule has 2 aromatic heterocycles. The smallest absolute Gasteiger partial charge is 0.164 e. The summed E-state index contributed by atoms with van der Waals surface area (Å²) in [6.45, 7) is 0. The minimum atomic E-state index is 0.603. The van der Waals surface area contributed by atoms with Crippen LogP contribution in [0.2, 0.25) is 0 Å². The van der Waals surface area contributed by atoms with E-state index in [9.17, 15) is 0 Å². The molecule has 314 valence electrons. The van der Waals surface area contributed by atoms with Gasteiger partial charge in [-0.2, -0.15) is 0 Å². The Balaban J connectivity index is 1.06. The predicted molar refractivity (Wildman–Crippen MR) is 278 cm³/mol. The molecule has 0 radical (unpaired) electrons. The second kappa shape index (κ2) is 17.2. The van der Waals surface area contributed by atoms with Gasteiger partial charge in [-0.15, -0.1) is 0 Å². The number of aromatic nitrogens is 4. The molecule has 0 amide bonds. The van der Waals surface area contributed by atoms with E-state index < -0.39 is 0 Å².